The molecular formula is C19H26ClNO3. The molecule has 2 atom stereocenters. The third-order valence-corrected chi connectivity index (χ3v) is 4.06. The van der Waals surface area contributed by atoms with Crippen molar-refractivity contribution in [3.8, 4) is 0 Å². The summed E-state index contributed by atoms with van der Waals surface area (Å²) in [5.41, 5.74) is 2.29. The number of hydrogen-bond acceptors (Lipinski definition) is 3. The van der Waals surface area contributed by atoms with Crippen LogP contribution >= 0.6 is 11.6 Å². The molecule has 1 aromatic rings. The molecule has 132 valence electrons. The Labute approximate surface area is 149 Å². The summed E-state index contributed by atoms with van der Waals surface area (Å²) >= 11 is 5.81. The molecule has 0 bridgehead atoms. The van der Waals surface area contributed by atoms with E-state index in [9.17, 15) is 9.59 Å². The van der Waals surface area contributed by atoms with Gasteiger partial charge >= 0.3 is 5.97 Å². The standard InChI is InChI=1S/C19H26ClNO3/c1-5-15(12-16-10-8-7-9-13(16)3)18(22)21-17(11-14(4)20)19(23)24-6-2/h7-10,15,17H,4-6,11-12H2,1-3H3,(H,21,22). The minimum Gasteiger partial charge on any atom is -0.464 e. The quantitative estimate of drug-likeness (QED) is 0.689. The van der Waals surface area contributed by atoms with Crippen LogP contribution < -0.4 is 5.32 Å². The van der Waals surface area contributed by atoms with E-state index in [1.165, 1.54) is 0 Å². The van der Waals surface area contributed by atoms with Gasteiger partial charge in [0.15, 0.2) is 0 Å². The smallest absolute Gasteiger partial charge is 0.329 e. The maximum atomic E-state index is 12.6. The Morgan fingerprint density at radius 2 is 1.96 bits per heavy atom. The summed E-state index contributed by atoms with van der Waals surface area (Å²) in [4.78, 5) is 24.6. The molecule has 0 saturated heterocycles. The summed E-state index contributed by atoms with van der Waals surface area (Å²) < 4.78 is 5.00. The van der Waals surface area contributed by atoms with Crippen LogP contribution in [0.4, 0.5) is 0 Å². The fourth-order valence-electron chi connectivity index (χ4n) is 2.47. The van der Waals surface area contributed by atoms with E-state index in [1.54, 1.807) is 6.92 Å². The molecule has 0 radical (unpaired) electrons. The van der Waals surface area contributed by atoms with E-state index in [2.05, 4.69) is 11.9 Å². The highest BCUT2D eigenvalue weighted by Gasteiger charge is 2.26. The van der Waals surface area contributed by atoms with Crippen LogP contribution in [0.15, 0.2) is 35.9 Å². The molecule has 1 rings (SSSR count). The van der Waals surface area contributed by atoms with Gasteiger partial charge in [-0.05, 0) is 37.8 Å². The Balaban J connectivity index is 2.81. The SMILES string of the molecule is C=C(Cl)CC(NC(=O)C(CC)Cc1ccccc1C)C(=O)OCC. The van der Waals surface area contributed by atoms with Crippen molar-refractivity contribution >= 4 is 23.5 Å². The van der Waals surface area contributed by atoms with Crippen LogP contribution in [0.3, 0.4) is 0 Å². The van der Waals surface area contributed by atoms with E-state index in [4.69, 9.17) is 16.3 Å². The van der Waals surface area contributed by atoms with Gasteiger partial charge in [0.05, 0.1) is 6.61 Å². The Morgan fingerprint density at radius 3 is 2.50 bits per heavy atom. The third-order valence-electron chi connectivity index (χ3n) is 3.90. The lowest BCUT2D eigenvalue weighted by atomic mass is 9.93. The number of hydrogen-bond donors (Lipinski definition) is 1. The number of amides is 1. The summed E-state index contributed by atoms with van der Waals surface area (Å²) in [7, 11) is 0. The molecule has 2 unspecified atom stereocenters. The molecule has 1 aromatic carbocycles. The number of benzene rings is 1. The monoisotopic (exact) mass is 351 g/mol. The minimum atomic E-state index is -0.798. The number of rotatable bonds is 9. The van der Waals surface area contributed by atoms with E-state index in [0.29, 0.717) is 17.9 Å². The van der Waals surface area contributed by atoms with Gasteiger partial charge in [-0.3, -0.25) is 4.79 Å². The molecule has 0 spiro atoms. The van der Waals surface area contributed by atoms with Crippen molar-refractivity contribution in [1.82, 2.24) is 5.32 Å². The van der Waals surface area contributed by atoms with Gasteiger partial charge in [0, 0.05) is 17.4 Å². The van der Waals surface area contributed by atoms with Gasteiger partial charge in [0.2, 0.25) is 5.91 Å². The number of nitrogens with one attached hydrogen (secondary N) is 1. The molecule has 1 amide bonds. The first kappa shape index (κ1) is 20.2. The third kappa shape index (κ3) is 6.36. The number of halogens is 1. The topological polar surface area (TPSA) is 55.4 Å². The maximum absolute atomic E-state index is 12.6. The summed E-state index contributed by atoms with van der Waals surface area (Å²) in [5, 5.41) is 3.07. The van der Waals surface area contributed by atoms with Crippen LogP contribution in [-0.2, 0) is 20.7 Å². The van der Waals surface area contributed by atoms with E-state index in [1.807, 2.05) is 38.1 Å². The summed E-state index contributed by atoms with van der Waals surface area (Å²) in [6, 6.07) is 7.19. The van der Waals surface area contributed by atoms with E-state index in [0.717, 1.165) is 11.1 Å². The molecule has 0 aliphatic carbocycles. The lowest BCUT2D eigenvalue weighted by molar-refractivity contribution is -0.147. The first-order valence-electron chi connectivity index (χ1n) is 8.23. The van der Waals surface area contributed by atoms with Gasteiger partial charge in [-0.1, -0.05) is 49.4 Å². The molecule has 0 saturated carbocycles. The molecule has 0 heterocycles. The number of esters is 1. The van der Waals surface area contributed by atoms with Gasteiger partial charge in [0.1, 0.15) is 6.04 Å². The Bertz CT molecular complexity index is 586. The molecule has 0 aromatic heterocycles. The molecule has 1 N–H and O–H groups in total. The van der Waals surface area contributed by atoms with Crippen LogP contribution in [-0.4, -0.2) is 24.5 Å². The molecule has 0 aliphatic rings. The zero-order valence-corrected chi connectivity index (χ0v) is 15.4. The molecular weight excluding hydrogens is 326 g/mol. The highest BCUT2D eigenvalue weighted by atomic mass is 35.5. The summed E-state index contributed by atoms with van der Waals surface area (Å²) in [5.74, 6) is -0.873. The first-order valence-corrected chi connectivity index (χ1v) is 8.61. The second kappa shape index (κ2) is 10.1. The van der Waals surface area contributed by atoms with Crippen LogP contribution in [0.1, 0.15) is 37.8 Å². The predicted octanol–water partition coefficient (Wildman–Crippen LogP) is 3.75. The van der Waals surface area contributed by atoms with Gasteiger partial charge in [0.25, 0.3) is 0 Å². The average molecular weight is 352 g/mol. The number of carbonyl (C=O) groups excluding carboxylic acids is 2. The van der Waals surface area contributed by atoms with E-state index < -0.39 is 12.0 Å². The molecule has 24 heavy (non-hydrogen) atoms. The van der Waals surface area contributed by atoms with Crippen molar-refractivity contribution in [2.45, 2.75) is 46.1 Å². The number of carbonyl (C=O) groups is 2. The van der Waals surface area contributed by atoms with Crippen LogP contribution in [0.5, 0.6) is 0 Å². The second-order valence-corrected chi connectivity index (χ2v) is 6.30. The van der Waals surface area contributed by atoms with Crippen LogP contribution in [0, 0.1) is 12.8 Å². The molecule has 0 aliphatic heterocycles. The van der Waals surface area contributed by atoms with Gasteiger partial charge < -0.3 is 10.1 Å². The Kier molecular flexibility index (Phi) is 8.55. The fourth-order valence-corrected chi connectivity index (χ4v) is 2.63. The molecule has 4 nitrogen and oxygen atoms in total. The number of aryl methyl sites for hydroxylation is 1. The number of ether oxygens (including phenoxy) is 1. The van der Waals surface area contributed by atoms with Crippen molar-refractivity contribution in [3.63, 3.8) is 0 Å². The minimum absolute atomic E-state index is 0.160. The zero-order valence-electron chi connectivity index (χ0n) is 14.6. The Hall–Kier alpha value is -1.81. The van der Waals surface area contributed by atoms with Crippen molar-refractivity contribution in [2.24, 2.45) is 5.92 Å². The van der Waals surface area contributed by atoms with E-state index in [-0.39, 0.29) is 24.9 Å². The molecule has 5 heteroatoms. The van der Waals surface area contributed by atoms with Crippen LogP contribution in [0.2, 0.25) is 0 Å². The van der Waals surface area contributed by atoms with Gasteiger partial charge in [-0.2, -0.15) is 0 Å². The first-order chi connectivity index (χ1) is 11.4. The van der Waals surface area contributed by atoms with Crippen molar-refractivity contribution in [1.29, 1.82) is 0 Å². The lowest BCUT2D eigenvalue weighted by Crippen LogP contribution is -2.45. The zero-order chi connectivity index (χ0) is 18.1. The van der Waals surface area contributed by atoms with Crippen molar-refractivity contribution in [3.05, 3.63) is 47.0 Å². The van der Waals surface area contributed by atoms with Crippen molar-refractivity contribution in [2.75, 3.05) is 6.61 Å². The highest BCUT2D eigenvalue weighted by molar-refractivity contribution is 6.29. The summed E-state index contributed by atoms with van der Waals surface area (Å²) in [6.45, 7) is 9.55. The van der Waals surface area contributed by atoms with Gasteiger partial charge in [-0.25, -0.2) is 4.79 Å². The van der Waals surface area contributed by atoms with Crippen LogP contribution in [0.25, 0.3) is 0 Å². The maximum Gasteiger partial charge on any atom is 0.329 e. The fraction of sp³-hybridized carbons (Fsp3) is 0.474. The largest absolute Gasteiger partial charge is 0.464 e. The van der Waals surface area contributed by atoms with Crippen molar-refractivity contribution < 1.29 is 14.3 Å². The second-order valence-electron chi connectivity index (χ2n) is 5.77. The molecule has 0 fully saturated rings. The highest BCUT2D eigenvalue weighted by Crippen LogP contribution is 2.17. The lowest BCUT2D eigenvalue weighted by Gasteiger charge is -2.21. The van der Waals surface area contributed by atoms with E-state index >= 15 is 0 Å². The average Bonchev–Trinajstić information content (AvgIpc) is 2.53. The normalized spacial score (nSPS) is 13.0. The predicted molar refractivity (Wildman–Crippen MR) is 96.8 cm³/mol. The van der Waals surface area contributed by atoms with Gasteiger partial charge in [-0.15, -0.1) is 0 Å². The summed E-state index contributed by atoms with van der Waals surface area (Å²) in [6.07, 6.45) is 1.47. The Morgan fingerprint density at radius 1 is 1.29 bits per heavy atom.